The first-order valence-corrected chi connectivity index (χ1v) is 7.74. The lowest BCUT2D eigenvalue weighted by atomic mass is 9.94. The first kappa shape index (κ1) is 13.5. The molecule has 1 saturated heterocycles. The van der Waals surface area contributed by atoms with Crippen molar-refractivity contribution in [3.05, 3.63) is 17.5 Å². The molecular formula is C15H24N4O. The molecule has 110 valence electrons. The maximum atomic E-state index is 12.1. The van der Waals surface area contributed by atoms with E-state index in [-0.39, 0.29) is 6.03 Å². The molecule has 2 N–H and O–H groups in total. The van der Waals surface area contributed by atoms with Gasteiger partial charge in [-0.2, -0.15) is 5.10 Å². The summed E-state index contributed by atoms with van der Waals surface area (Å²) in [4.78, 5) is 14.1. The van der Waals surface area contributed by atoms with E-state index in [0.29, 0.717) is 17.9 Å². The highest BCUT2D eigenvalue weighted by Crippen LogP contribution is 2.28. The zero-order valence-electron chi connectivity index (χ0n) is 12.4. The highest BCUT2D eigenvalue weighted by atomic mass is 16.2. The SMILES string of the molecule is CC(C)c1cc(C2CCCN(C(=O)NC3CC3)C2)[nH]n1. The Hall–Kier alpha value is -1.52. The minimum atomic E-state index is 0.112. The number of hydrogen-bond acceptors (Lipinski definition) is 2. The van der Waals surface area contributed by atoms with Crippen LogP contribution in [0, 0.1) is 0 Å². The topological polar surface area (TPSA) is 61.0 Å². The molecule has 2 aliphatic rings. The smallest absolute Gasteiger partial charge is 0.317 e. The number of likely N-dealkylation sites (tertiary alicyclic amines) is 1. The highest BCUT2D eigenvalue weighted by molar-refractivity contribution is 5.75. The van der Waals surface area contributed by atoms with Gasteiger partial charge in [-0.15, -0.1) is 0 Å². The monoisotopic (exact) mass is 276 g/mol. The molecule has 0 bridgehead atoms. The molecule has 0 radical (unpaired) electrons. The van der Waals surface area contributed by atoms with Gasteiger partial charge in [0, 0.05) is 30.7 Å². The summed E-state index contributed by atoms with van der Waals surface area (Å²) in [7, 11) is 0. The fraction of sp³-hybridized carbons (Fsp3) is 0.733. The summed E-state index contributed by atoms with van der Waals surface area (Å²) < 4.78 is 0. The van der Waals surface area contributed by atoms with Crippen LogP contribution in [-0.2, 0) is 0 Å². The van der Waals surface area contributed by atoms with E-state index in [9.17, 15) is 4.79 Å². The zero-order chi connectivity index (χ0) is 14.1. The van der Waals surface area contributed by atoms with Gasteiger partial charge in [-0.25, -0.2) is 4.79 Å². The van der Waals surface area contributed by atoms with Crippen molar-refractivity contribution < 1.29 is 4.79 Å². The Morgan fingerprint density at radius 3 is 2.90 bits per heavy atom. The van der Waals surface area contributed by atoms with Crippen LogP contribution in [0.1, 0.15) is 62.8 Å². The van der Waals surface area contributed by atoms with Gasteiger partial charge in [0.1, 0.15) is 0 Å². The summed E-state index contributed by atoms with van der Waals surface area (Å²) in [6, 6.07) is 2.71. The second kappa shape index (κ2) is 5.46. The van der Waals surface area contributed by atoms with Crippen LogP contribution in [0.3, 0.4) is 0 Å². The molecule has 2 amide bonds. The molecule has 20 heavy (non-hydrogen) atoms. The average Bonchev–Trinajstić information content (AvgIpc) is 3.11. The first-order valence-electron chi connectivity index (χ1n) is 7.74. The molecule has 0 spiro atoms. The number of piperidine rings is 1. The number of carbonyl (C=O) groups excluding carboxylic acids is 1. The summed E-state index contributed by atoms with van der Waals surface area (Å²) in [6.45, 7) is 5.98. The number of aromatic amines is 1. The summed E-state index contributed by atoms with van der Waals surface area (Å²) in [5, 5.41) is 10.6. The van der Waals surface area contributed by atoms with Gasteiger partial charge in [0.2, 0.25) is 0 Å². The van der Waals surface area contributed by atoms with E-state index in [0.717, 1.165) is 44.5 Å². The van der Waals surface area contributed by atoms with Gasteiger partial charge in [-0.05, 0) is 37.7 Å². The van der Waals surface area contributed by atoms with Crippen LogP contribution in [0.25, 0.3) is 0 Å². The lowest BCUT2D eigenvalue weighted by molar-refractivity contribution is 0.178. The van der Waals surface area contributed by atoms with Crippen LogP contribution in [0.15, 0.2) is 6.07 Å². The van der Waals surface area contributed by atoms with Gasteiger partial charge in [-0.1, -0.05) is 13.8 Å². The Kier molecular flexibility index (Phi) is 3.68. The van der Waals surface area contributed by atoms with Gasteiger partial charge >= 0.3 is 6.03 Å². The van der Waals surface area contributed by atoms with Crippen molar-refractivity contribution in [3.63, 3.8) is 0 Å². The van der Waals surface area contributed by atoms with Crippen LogP contribution < -0.4 is 5.32 Å². The highest BCUT2D eigenvalue weighted by Gasteiger charge is 2.30. The van der Waals surface area contributed by atoms with E-state index in [1.807, 2.05) is 4.90 Å². The maximum Gasteiger partial charge on any atom is 0.317 e. The molecule has 2 fully saturated rings. The summed E-state index contributed by atoms with van der Waals surface area (Å²) in [6.07, 6.45) is 4.48. The molecule has 5 heteroatoms. The van der Waals surface area contributed by atoms with Crippen molar-refractivity contribution in [3.8, 4) is 0 Å². The molecule has 0 aromatic carbocycles. The predicted molar refractivity (Wildman–Crippen MR) is 77.8 cm³/mol. The van der Waals surface area contributed by atoms with E-state index < -0.39 is 0 Å². The third kappa shape index (κ3) is 2.97. The van der Waals surface area contributed by atoms with Gasteiger partial charge in [0.05, 0.1) is 5.69 Å². The molecule has 5 nitrogen and oxygen atoms in total. The number of rotatable bonds is 3. The summed E-state index contributed by atoms with van der Waals surface area (Å²) in [5.41, 5.74) is 2.29. The average molecular weight is 276 g/mol. The van der Waals surface area contributed by atoms with Gasteiger partial charge < -0.3 is 10.2 Å². The predicted octanol–water partition coefficient (Wildman–Crippen LogP) is 2.58. The Morgan fingerprint density at radius 2 is 2.25 bits per heavy atom. The lowest BCUT2D eigenvalue weighted by Gasteiger charge is -2.32. The number of nitrogens with one attached hydrogen (secondary N) is 2. The van der Waals surface area contributed by atoms with Crippen molar-refractivity contribution >= 4 is 6.03 Å². The molecule has 1 aromatic rings. The molecule has 1 aliphatic carbocycles. The fourth-order valence-electron chi connectivity index (χ4n) is 2.77. The van der Waals surface area contributed by atoms with Crippen LogP contribution >= 0.6 is 0 Å². The van der Waals surface area contributed by atoms with E-state index in [2.05, 4.69) is 35.4 Å². The second-order valence-corrected chi connectivity index (χ2v) is 6.41. The van der Waals surface area contributed by atoms with E-state index in [1.165, 1.54) is 5.69 Å². The summed E-state index contributed by atoms with van der Waals surface area (Å²) >= 11 is 0. The minimum absolute atomic E-state index is 0.112. The molecule has 1 aliphatic heterocycles. The van der Waals surface area contributed by atoms with Gasteiger partial charge in [0.15, 0.2) is 0 Å². The third-order valence-corrected chi connectivity index (χ3v) is 4.26. The number of hydrogen-bond donors (Lipinski definition) is 2. The Bertz CT molecular complexity index is 478. The molecule has 1 unspecified atom stereocenters. The van der Waals surface area contributed by atoms with Crippen molar-refractivity contribution in [1.29, 1.82) is 0 Å². The molecule has 1 saturated carbocycles. The zero-order valence-corrected chi connectivity index (χ0v) is 12.4. The van der Waals surface area contributed by atoms with Crippen molar-refractivity contribution in [2.45, 2.75) is 57.4 Å². The number of nitrogens with zero attached hydrogens (tertiary/aromatic N) is 2. The van der Waals surface area contributed by atoms with Gasteiger partial charge in [-0.3, -0.25) is 5.10 Å². The number of H-pyrrole nitrogens is 1. The van der Waals surface area contributed by atoms with Crippen LogP contribution in [0.5, 0.6) is 0 Å². The Morgan fingerprint density at radius 1 is 1.45 bits per heavy atom. The van der Waals surface area contributed by atoms with Crippen LogP contribution in [0.4, 0.5) is 4.79 Å². The quantitative estimate of drug-likeness (QED) is 0.891. The van der Waals surface area contributed by atoms with E-state index in [1.54, 1.807) is 0 Å². The van der Waals surface area contributed by atoms with Crippen LogP contribution in [0.2, 0.25) is 0 Å². The van der Waals surface area contributed by atoms with E-state index in [4.69, 9.17) is 0 Å². The number of amides is 2. The fourth-order valence-corrected chi connectivity index (χ4v) is 2.77. The van der Waals surface area contributed by atoms with Crippen molar-refractivity contribution in [2.75, 3.05) is 13.1 Å². The molecule has 2 heterocycles. The molecule has 3 rings (SSSR count). The van der Waals surface area contributed by atoms with Gasteiger partial charge in [0.25, 0.3) is 0 Å². The van der Waals surface area contributed by atoms with Crippen LogP contribution in [-0.4, -0.2) is 40.3 Å². The standard InChI is InChI=1S/C15H24N4O/c1-10(2)13-8-14(18-17-13)11-4-3-7-19(9-11)15(20)16-12-5-6-12/h8,10-12H,3-7,9H2,1-2H3,(H,16,20)(H,17,18). The Labute approximate surface area is 120 Å². The largest absolute Gasteiger partial charge is 0.335 e. The minimum Gasteiger partial charge on any atom is -0.335 e. The van der Waals surface area contributed by atoms with E-state index >= 15 is 0 Å². The van der Waals surface area contributed by atoms with Crippen molar-refractivity contribution in [1.82, 2.24) is 20.4 Å². The lowest BCUT2D eigenvalue weighted by Crippen LogP contribution is -2.45. The first-order chi connectivity index (χ1) is 9.63. The molecular weight excluding hydrogens is 252 g/mol. The molecule has 1 aromatic heterocycles. The normalized spacial score (nSPS) is 23.1. The second-order valence-electron chi connectivity index (χ2n) is 6.41. The van der Waals surface area contributed by atoms with Crippen molar-refractivity contribution in [2.24, 2.45) is 0 Å². The molecule has 1 atom stereocenters. The summed E-state index contributed by atoms with van der Waals surface area (Å²) in [5.74, 6) is 0.839. The number of urea groups is 1. The number of carbonyl (C=O) groups is 1. The number of aromatic nitrogens is 2. The maximum absolute atomic E-state index is 12.1. The Balaban J connectivity index is 1.62. The third-order valence-electron chi connectivity index (χ3n) is 4.26.